The van der Waals surface area contributed by atoms with Crippen LogP contribution in [0.3, 0.4) is 0 Å². The Morgan fingerprint density at radius 2 is 2.04 bits per heavy atom. The fraction of sp³-hybridized carbons (Fsp3) is 0.476. The van der Waals surface area contributed by atoms with Gasteiger partial charge in [0.1, 0.15) is 11.6 Å². The van der Waals surface area contributed by atoms with Gasteiger partial charge in [-0.05, 0) is 56.1 Å². The Kier molecular flexibility index (Phi) is 6.09. The second-order valence-electron chi connectivity index (χ2n) is 7.08. The van der Waals surface area contributed by atoms with Gasteiger partial charge < -0.3 is 9.32 Å². The van der Waals surface area contributed by atoms with Crippen molar-refractivity contribution < 1.29 is 13.6 Å². The molecule has 2 aromatic rings. The summed E-state index contributed by atoms with van der Waals surface area (Å²) in [5.74, 6) is 0.745. The van der Waals surface area contributed by atoms with Crippen LogP contribution in [0.2, 0.25) is 0 Å². The molecule has 2 atom stereocenters. The molecule has 0 aliphatic carbocycles. The lowest BCUT2D eigenvalue weighted by molar-refractivity contribution is -0.133. The maximum atomic E-state index is 13.1. The van der Waals surface area contributed by atoms with E-state index in [0.29, 0.717) is 6.54 Å². The van der Waals surface area contributed by atoms with Gasteiger partial charge in [-0.25, -0.2) is 4.39 Å². The Balaban J connectivity index is 1.69. The fourth-order valence-corrected chi connectivity index (χ4v) is 3.63. The van der Waals surface area contributed by atoms with Crippen LogP contribution in [0.5, 0.6) is 0 Å². The van der Waals surface area contributed by atoms with E-state index in [-0.39, 0.29) is 23.8 Å². The van der Waals surface area contributed by atoms with E-state index < -0.39 is 0 Å². The van der Waals surface area contributed by atoms with E-state index in [1.54, 1.807) is 23.3 Å². The van der Waals surface area contributed by atoms with E-state index in [9.17, 15) is 9.18 Å². The quantitative estimate of drug-likeness (QED) is 0.786. The number of hydrogen-bond donors (Lipinski definition) is 0. The minimum atomic E-state index is -0.263. The minimum absolute atomic E-state index is 0.0697. The standard InChI is InChI=1S/C21H27FN2O2/c1-16(17-9-11-18(22)12-10-17)23(2)21(25)15-24-13-5-3-4-7-19(24)20-8-6-14-26-20/h6,8-12,14,16,19H,3-5,7,13,15H2,1-2H3. The minimum Gasteiger partial charge on any atom is -0.468 e. The largest absolute Gasteiger partial charge is 0.468 e. The van der Waals surface area contributed by atoms with Crippen LogP contribution in [0, 0.1) is 5.82 Å². The van der Waals surface area contributed by atoms with E-state index in [2.05, 4.69) is 4.90 Å². The van der Waals surface area contributed by atoms with Gasteiger partial charge in [0, 0.05) is 7.05 Å². The summed E-state index contributed by atoms with van der Waals surface area (Å²) in [7, 11) is 1.82. The number of benzene rings is 1. The van der Waals surface area contributed by atoms with Crippen LogP contribution >= 0.6 is 0 Å². The second kappa shape index (κ2) is 8.49. The fourth-order valence-electron chi connectivity index (χ4n) is 3.63. The first-order chi connectivity index (χ1) is 12.6. The number of halogens is 1. The van der Waals surface area contributed by atoms with Gasteiger partial charge in [0.25, 0.3) is 0 Å². The number of hydrogen-bond acceptors (Lipinski definition) is 3. The van der Waals surface area contributed by atoms with Crippen LogP contribution in [-0.2, 0) is 4.79 Å². The summed E-state index contributed by atoms with van der Waals surface area (Å²) in [5, 5.41) is 0. The van der Waals surface area contributed by atoms with Crippen LogP contribution in [0.1, 0.15) is 56.0 Å². The lowest BCUT2D eigenvalue weighted by Crippen LogP contribution is -2.41. The van der Waals surface area contributed by atoms with Crippen LogP contribution in [-0.4, -0.2) is 35.8 Å². The zero-order valence-corrected chi connectivity index (χ0v) is 15.5. The lowest BCUT2D eigenvalue weighted by atomic mass is 10.1. The number of carbonyl (C=O) groups is 1. The number of likely N-dealkylation sites (tertiary alicyclic amines) is 1. The second-order valence-corrected chi connectivity index (χ2v) is 7.08. The molecule has 0 bridgehead atoms. The lowest BCUT2D eigenvalue weighted by Gasteiger charge is -2.32. The molecule has 1 amide bonds. The maximum absolute atomic E-state index is 13.1. The molecule has 3 rings (SSSR count). The van der Waals surface area contributed by atoms with Crippen molar-refractivity contribution in [2.45, 2.75) is 44.7 Å². The van der Waals surface area contributed by atoms with Gasteiger partial charge in [0.15, 0.2) is 0 Å². The zero-order chi connectivity index (χ0) is 18.5. The topological polar surface area (TPSA) is 36.7 Å². The molecule has 0 radical (unpaired) electrons. The average molecular weight is 358 g/mol. The molecular weight excluding hydrogens is 331 g/mol. The van der Waals surface area contributed by atoms with E-state index in [0.717, 1.165) is 37.1 Å². The molecule has 2 unspecified atom stereocenters. The summed E-state index contributed by atoms with van der Waals surface area (Å²) in [6, 6.07) is 10.3. The molecule has 0 N–H and O–H groups in total. The molecule has 140 valence electrons. The SMILES string of the molecule is CC(c1ccc(F)cc1)N(C)C(=O)CN1CCCCCC1c1ccco1. The Morgan fingerprint density at radius 3 is 2.73 bits per heavy atom. The first kappa shape index (κ1) is 18.6. The van der Waals surface area contributed by atoms with E-state index in [1.165, 1.54) is 18.6 Å². The molecule has 1 saturated heterocycles. The van der Waals surface area contributed by atoms with E-state index in [4.69, 9.17) is 4.42 Å². The monoisotopic (exact) mass is 358 g/mol. The summed E-state index contributed by atoms with van der Waals surface area (Å²) in [5.41, 5.74) is 0.931. The van der Waals surface area contributed by atoms with Gasteiger partial charge in [-0.3, -0.25) is 9.69 Å². The van der Waals surface area contributed by atoms with Crippen molar-refractivity contribution in [3.63, 3.8) is 0 Å². The van der Waals surface area contributed by atoms with E-state index >= 15 is 0 Å². The molecule has 1 aliphatic heterocycles. The molecule has 0 spiro atoms. The molecule has 4 nitrogen and oxygen atoms in total. The molecule has 26 heavy (non-hydrogen) atoms. The first-order valence-corrected chi connectivity index (χ1v) is 9.35. The van der Waals surface area contributed by atoms with Gasteiger partial charge in [-0.1, -0.05) is 25.0 Å². The Labute approximate surface area is 154 Å². The zero-order valence-electron chi connectivity index (χ0n) is 15.5. The summed E-state index contributed by atoms with van der Waals surface area (Å²) < 4.78 is 18.8. The molecular formula is C21H27FN2O2. The molecule has 5 heteroatoms. The predicted molar refractivity (Wildman–Crippen MR) is 99.1 cm³/mol. The van der Waals surface area contributed by atoms with Crippen molar-refractivity contribution in [2.24, 2.45) is 0 Å². The van der Waals surface area contributed by atoms with Crippen LogP contribution < -0.4 is 0 Å². The summed E-state index contributed by atoms with van der Waals surface area (Å²) in [6.07, 6.45) is 6.14. The molecule has 0 saturated carbocycles. The number of rotatable bonds is 5. The normalized spacial score (nSPS) is 19.7. The highest BCUT2D eigenvalue weighted by Gasteiger charge is 2.28. The average Bonchev–Trinajstić information content (AvgIpc) is 3.08. The van der Waals surface area contributed by atoms with Gasteiger partial charge in [0.05, 0.1) is 24.9 Å². The number of amides is 1. The maximum Gasteiger partial charge on any atom is 0.237 e. The number of likely N-dealkylation sites (N-methyl/N-ethyl adjacent to an activating group) is 1. The smallest absolute Gasteiger partial charge is 0.237 e. The van der Waals surface area contributed by atoms with E-state index in [1.807, 2.05) is 26.1 Å². The third-order valence-corrected chi connectivity index (χ3v) is 5.40. The van der Waals surface area contributed by atoms with Crippen LogP contribution in [0.4, 0.5) is 4.39 Å². The Morgan fingerprint density at radius 1 is 1.27 bits per heavy atom. The highest BCUT2D eigenvalue weighted by molar-refractivity contribution is 5.78. The van der Waals surface area contributed by atoms with Gasteiger partial charge in [-0.2, -0.15) is 0 Å². The Bertz CT molecular complexity index is 699. The van der Waals surface area contributed by atoms with Gasteiger partial charge in [-0.15, -0.1) is 0 Å². The summed E-state index contributed by atoms with van der Waals surface area (Å²) >= 11 is 0. The molecule has 1 aromatic heterocycles. The third-order valence-electron chi connectivity index (χ3n) is 5.40. The summed E-state index contributed by atoms with van der Waals surface area (Å²) in [4.78, 5) is 16.9. The molecule has 1 aliphatic rings. The number of carbonyl (C=O) groups excluding carboxylic acids is 1. The highest BCUT2D eigenvalue weighted by atomic mass is 19.1. The highest BCUT2D eigenvalue weighted by Crippen LogP contribution is 2.30. The van der Waals surface area contributed by atoms with Crippen LogP contribution in [0.25, 0.3) is 0 Å². The molecule has 1 aromatic carbocycles. The van der Waals surface area contributed by atoms with Crippen molar-refractivity contribution in [1.82, 2.24) is 9.80 Å². The van der Waals surface area contributed by atoms with Crippen molar-refractivity contribution in [1.29, 1.82) is 0 Å². The van der Waals surface area contributed by atoms with Crippen molar-refractivity contribution in [3.05, 3.63) is 59.8 Å². The third kappa shape index (κ3) is 4.33. The summed E-state index contributed by atoms with van der Waals surface area (Å²) in [6.45, 7) is 3.24. The van der Waals surface area contributed by atoms with Crippen molar-refractivity contribution in [3.8, 4) is 0 Å². The predicted octanol–water partition coefficient (Wildman–Crippen LogP) is 4.56. The van der Waals surface area contributed by atoms with Gasteiger partial charge in [0.2, 0.25) is 5.91 Å². The van der Waals surface area contributed by atoms with Crippen molar-refractivity contribution in [2.75, 3.05) is 20.1 Å². The first-order valence-electron chi connectivity index (χ1n) is 9.35. The number of nitrogens with zero attached hydrogens (tertiary/aromatic N) is 2. The van der Waals surface area contributed by atoms with Gasteiger partial charge >= 0.3 is 0 Å². The Hall–Kier alpha value is -2.14. The van der Waals surface area contributed by atoms with Crippen molar-refractivity contribution >= 4 is 5.91 Å². The van der Waals surface area contributed by atoms with Crippen LogP contribution in [0.15, 0.2) is 47.1 Å². The molecule has 1 fully saturated rings. The number of furan rings is 1. The molecule has 2 heterocycles.